The van der Waals surface area contributed by atoms with Crippen LogP contribution in [0.1, 0.15) is 12.0 Å². The van der Waals surface area contributed by atoms with E-state index in [9.17, 15) is 4.79 Å². The van der Waals surface area contributed by atoms with Gasteiger partial charge in [0.25, 0.3) is 0 Å². The van der Waals surface area contributed by atoms with Crippen LogP contribution in [-0.2, 0) is 16.1 Å². The van der Waals surface area contributed by atoms with Crippen molar-refractivity contribution in [3.8, 4) is 5.75 Å². The molecule has 1 aliphatic rings. The third-order valence-electron chi connectivity index (χ3n) is 3.20. The highest BCUT2D eigenvalue weighted by Crippen LogP contribution is 2.16. The smallest absolute Gasteiger partial charge is 0.248 e. The molecule has 0 spiro atoms. The van der Waals surface area contributed by atoms with E-state index >= 15 is 0 Å². The third-order valence-corrected chi connectivity index (χ3v) is 3.20. The molecule has 1 aromatic rings. The number of nitrogens with zero attached hydrogens (tertiary/aromatic N) is 1. The molecular formula is C14H19NO4. The first-order valence-corrected chi connectivity index (χ1v) is 6.36. The zero-order valence-electron chi connectivity index (χ0n) is 11.0. The lowest BCUT2D eigenvalue weighted by Crippen LogP contribution is -2.46. The molecule has 0 radical (unpaired) electrons. The van der Waals surface area contributed by atoms with Gasteiger partial charge in [0, 0.05) is 19.7 Å². The first kappa shape index (κ1) is 13.8. The number of methoxy groups -OCH3 is 1. The summed E-state index contributed by atoms with van der Waals surface area (Å²) in [6.07, 6.45) is 0.493. The summed E-state index contributed by atoms with van der Waals surface area (Å²) in [5.74, 6) is 0.792. The van der Waals surface area contributed by atoms with Crippen molar-refractivity contribution in [2.45, 2.75) is 19.1 Å². The Balaban J connectivity index is 1.97. The van der Waals surface area contributed by atoms with Gasteiger partial charge in [-0.3, -0.25) is 4.79 Å². The van der Waals surface area contributed by atoms with Gasteiger partial charge >= 0.3 is 0 Å². The molecular weight excluding hydrogens is 246 g/mol. The molecule has 1 atom stereocenters. The number of aliphatic hydroxyl groups is 1. The van der Waals surface area contributed by atoms with Gasteiger partial charge in [0.15, 0.2) is 0 Å². The van der Waals surface area contributed by atoms with Crippen LogP contribution >= 0.6 is 0 Å². The summed E-state index contributed by atoms with van der Waals surface area (Å²) >= 11 is 0. The number of carbonyl (C=O) groups excluding carboxylic acids is 1. The van der Waals surface area contributed by atoms with Crippen molar-refractivity contribution in [1.29, 1.82) is 0 Å². The van der Waals surface area contributed by atoms with E-state index in [2.05, 4.69) is 0 Å². The lowest BCUT2D eigenvalue weighted by Gasteiger charge is -2.32. The van der Waals surface area contributed by atoms with E-state index in [1.54, 1.807) is 12.0 Å². The fourth-order valence-corrected chi connectivity index (χ4v) is 2.10. The highest BCUT2D eigenvalue weighted by atomic mass is 16.5. The van der Waals surface area contributed by atoms with Gasteiger partial charge in [-0.15, -0.1) is 0 Å². The van der Waals surface area contributed by atoms with Crippen LogP contribution in [0, 0.1) is 0 Å². The molecule has 104 valence electrons. The van der Waals surface area contributed by atoms with Crippen LogP contribution in [0.2, 0.25) is 0 Å². The van der Waals surface area contributed by atoms with Crippen molar-refractivity contribution < 1.29 is 19.4 Å². The first-order valence-electron chi connectivity index (χ1n) is 6.36. The van der Waals surface area contributed by atoms with E-state index < -0.39 is 0 Å². The summed E-state index contributed by atoms with van der Waals surface area (Å²) in [4.78, 5) is 13.6. The van der Waals surface area contributed by atoms with Crippen molar-refractivity contribution in [1.82, 2.24) is 4.90 Å². The number of benzene rings is 1. The van der Waals surface area contributed by atoms with Crippen LogP contribution in [0.25, 0.3) is 0 Å². The molecule has 1 aromatic carbocycles. The van der Waals surface area contributed by atoms with Crippen molar-refractivity contribution in [3.63, 3.8) is 0 Å². The van der Waals surface area contributed by atoms with Gasteiger partial charge in [0.2, 0.25) is 5.91 Å². The van der Waals surface area contributed by atoms with Crippen molar-refractivity contribution in [2.75, 3.05) is 26.9 Å². The molecule has 0 aromatic heterocycles. The maximum absolute atomic E-state index is 11.8. The number of carbonyl (C=O) groups is 1. The molecule has 0 saturated carbocycles. The summed E-state index contributed by atoms with van der Waals surface area (Å²) in [5, 5.41) is 8.92. The van der Waals surface area contributed by atoms with Crippen LogP contribution < -0.4 is 4.74 Å². The van der Waals surface area contributed by atoms with Crippen molar-refractivity contribution in [2.24, 2.45) is 0 Å². The van der Waals surface area contributed by atoms with Gasteiger partial charge in [0.1, 0.15) is 12.4 Å². The largest absolute Gasteiger partial charge is 0.497 e. The summed E-state index contributed by atoms with van der Waals surface area (Å²) in [7, 11) is 1.62. The van der Waals surface area contributed by atoms with E-state index in [1.165, 1.54) is 0 Å². The molecule has 0 aliphatic carbocycles. The Morgan fingerprint density at radius 1 is 1.42 bits per heavy atom. The van der Waals surface area contributed by atoms with E-state index in [-0.39, 0.29) is 25.2 Å². The Morgan fingerprint density at radius 3 is 2.79 bits per heavy atom. The number of aliphatic hydroxyl groups excluding tert-OH is 1. The second-order valence-corrected chi connectivity index (χ2v) is 4.57. The second-order valence-electron chi connectivity index (χ2n) is 4.57. The Labute approximate surface area is 112 Å². The maximum atomic E-state index is 11.8. The minimum Gasteiger partial charge on any atom is -0.497 e. The SMILES string of the molecule is COc1ccc(CN2CC(CCO)OCC2=O)cc1. The second kappa shape index (κ2) is 6.54. The van der Waals surface area contributed by atoms with Gasteiger partial charge in [-0.1, -0.05) is 12.1 Å². The van der Waals surface area contributed by atoms with Gasteiger partial charge in [-0.2, -0.15) is 0 Å². The normalized spacial score (nSPS) is 19.6. The Bertz CT molecular complexity index is 418. The standard InChI is InChI=1S/C14H19NO4/c1-18-12-4-2-11(3-5-12)8-15-9-13(6-7-16)19-10-14(15)17/h2-5,13,16H,6-10H2,1H3. The molecule has 1 heterocycles. The van der Waals surface area contributed by atoms with E-state index in [0.29, 0.717) is 19.5 Å². The van der Waals surface area contributed by atoms with Crippen LogP contribution in [-0.4, -0.2) is 48.9 Å². The summed E-state index contributed by atoms with van der Waals surface area (Å²) in [5.41, 5.74) is 1.05. The highest BCUT2D eigenvalue weighted by Gasteiger charge is 2.25. The van der Waals surface area contributed by atoms with Crippen LogP contribution in [0.15, 0.2) is 24.3 Å². The van der Waals surface area contributed by atoms with Crippen molar-refractivity contribution in [3.05, 3.63) is 29.8 Å². The average molecular weight is 265 g/mol. The molecule has 2 rings (SSSR count). The zero-order valence-corrected chi connectivity index (χ0v) is 11.0. The summed E-state index contributed by atoms with van der Waals surface area (Å²) in [6.45, 7) is 1.27. The molecule has 19 heavy (non-hydrogen) atoms. The fraction of sp³-hybridized carbons (Fsp3) is 0.500. The number of rotatable bonds is 5. The Hall–Kier alpha value is -1.59. The van der Waals surface area contributed by atoms with E-state index in [1.807, 2.05) is 24.3 Å². The molecule has 5 nitrogen and oxygen atoms in total. The van der Waals surface area contributed by atoms with E-state index in [0.717, 1.165) is 11.3 Å². The molecule has 1 aliphatic heterocycles. The minimum absolute atomic E-state index is 0.00925. The lowest BCUT2D eigenvalue weighted by atomic mass is 10.1. The maximum Gasteiger partial charge on any atom is 0.248 e. The number of ether oxygens (including phenoxy) is 2. The predicted octanol–water partition coefficient (Wildman–Crippen LogP) is 0.805. The lowest BCUT2D eigenvalue weighted by molar-refractivity contribution is -0.150. The molecule has 1 unspecified atom stereocenters. The summed E-state index contributed by atoms with van der Waals surface area (Å²) < 4.78 is 10.5. The van der Waals surface area contributed by atoms with Crippen LogP contribution in [0.4, 0.5) is 0 Å². The fourth-order valence-electron chi connectivity index (χ4n) is 2.10. The monoisotopic (exact) mass is 265 g/mol. The molecule has 1 fully saturated rings. The minimum atomic E-state index is -0.0686. The topological polar surface area (TPSA) is 59.0 Å². The Morgan fingerprint density at radius 2 is 2.16 bits per heavy atom. The third kappa shape index (κ3) is 3.68. The van der Waals surface area contributed by atoms with Crippen LogP contribution in [0.5, 0.6) is 5.75 Å². The molecule has 1 N–H and O–H groups in total. The van der Waals surface area contributed by atoms with Gasteiger partial charge in [0.05, 0.1) is 13.2 Å². The summed E-state index contributed by atoms with van der Waals surface area (Å²) in [6, 6.07) is 7.65. The van der Waals surface area contributed by atoms with Gasteiger partial charge in [-0.05, 0) is 24.1 Å². The average Bonchev–Trinajstić information content (AvgIpc) is 2.44. The number of hydrogen-bond donors (Lipinski definition) is 1. The molecule has 0 bridgehead atoms. The van der Waals surface area contributed by atoms with Gasteiger partial charge in [-0.25, -0.2) is 0 Å². The molecule has 5 heteroatoms. The zero-order chi connectivity index (χ0) is 13.7. The van der Waals surface area contributed by atoms with Crippen molar-refractivity contribution >= 4 is 5.91 Å². The number of morpholine rings is 1. The Kier molecular flexibility index (Phi) is 4.76. The van der Waals surface area contributed by atoms with Crippen LogP contribution in [0.3, 0.4) is 0 Å². The van der Waals surface area contributed by atoms with E-state index in [4.69, 9.17) is 14.6 Å². The molecule has 1 amide bonds. The number of amides is 1. The highest BCUT2D eigenvalue weighted by molar-refractivity contribution is 5.78. The predicted molar refractivity (Wildman–Crippen MR) is 69.9 cm³/mol. The molecule has 1 saturated heterocycles. The van der Waals surface area contributed by atoms with Gasteiger partial charge < -0.3 is 19.5 Å². The first-order chi connectivity index (χ1) is 9.22. The number of hydrogen-bond acceptors (Lipinski definition) is 4. The quantitative estimate of drug-likeness (QED) is 0.855.